The van der Waals surface area contributed by atoms with Crippen LogP contribution in [0.15, 0.2) is 0 Å². The molecule has 3 nitrogen and oxygen atoms in total. The Morgan fingerprint density at radius 3 is 2.29 bits per heavy atom. The van der Waals surface area contributed by atoms with Gasteiger partial charge in [0.25, 0.3) is 0 Å². The Morgan fingerprint density at radius 2 is 1.76 bits per heavy atom. The van der Waals surface area contributed by atoms with Gasteiger partial charge in [-0.3, -0.25) is 0 Å². The van der Waals surface area contributed by atoms with Crippen molar-refractivity contribution in [3.8, 4) is 0 Å². The molecule has 2 rings (SSSR count). The fraction of sp³-hybridized carbons (Fsp3) is 1.00. The molecule has 2 heterocycles. The van der Waals surface area contributed by atoms with Crippen LogP contribution < -0.4 is 0 Å². The highest BCUT2D eigenvalue weighted by Gasteiger charge is 2.49. The van der Waals surface area contributed by atoms with Gasteiger partial charge in [-0.2, -0.15) is 0 Å². The van der Waals surface area contributed by atoms with E-state index in [1.807, 2.05) is 0 Å². The van der Waals surface area contributed by atoms with Crippen molar-refractivity contribution in [1.29, 1.82) is 0 Å². The van der Waals surface area contributed by atoms with Gasteiger partial charge in [0.2, 0.25) is 0 Å². The molecule has 0 aliphatic carbocycles. The van der Waals surface area contributed by atoms with Gasteiger partial charge in [-0.1, -0.05) is 32.6 Å². The van der Waals surface area contributed by atoms with Crippen LogP contribution in [0.2, 0.25) is 0 Å². The minimum Gasteiger partial charge on any atom is -0.390 e. The van der Waals surface area contributed by atoms with Crippen LogP contribution in [0.25, 0.3) is 0 Å². The first-order chi connectivity index (χ1) is 7.98. The zero-order valence-electron chi connectivity index (χ0n) is 10.7. The smallest absolute Gasteiger partial charge is 0.156 e. The Labute approximate surface area is 105 Å². The third-order valence-corrected chi connectivity index (χ3v) is 7.11. The molecule has 4 heteroatoms. The molecule has 0 radical (unpaired) electrons. The Bertz CT molecular complexity index is 341. The Morgan fingerprint density at radius 1 is 1.18 bits per heavy atom. The molecule has 0 saturated carbocycles. The lowest BCUT2D eigenvalue weighted by molar-refractivity contribution is -0.000448. The fourth-order valence-electron chi connectivity index (χ4n) is 3.45. The molecule has 1 N–H and O–H groups in total. The van der Waals surface area contributed by atoms with Crippen molar-refractivity contribution in [2.75, 3.05) is 0 Å². The quantitative estimate of drug-likeness (QED) is 0.790. The zero-order chi connectivity index (χ0) is 12.5. The van der Waals surface area contributed by atoms with Gasteiger partial charge in [0.05, 0.1) is 16.1 Å². The fourth-order valence-corrected chi connectivity index (χ4v) is 6.07. The van der Waals surface area contributed by atoms with Crippen LogP contribution in [0.1, 0.15) is 64.7 Å². The summed E-state index contributed by atoms with van der Waals surface area (Å²) in [6.07, 6.45) is 7.57. The van der Waals surface area contributed by atoms with Crippen molar-refractivity contribution in [3.05, 3.63) is 0 Å². The largest absolute Gasteiger partial charge is 0.390 e. The van der Waals surface area contributed by atoms with Gasteiger partial charge in [0.1, 0.15) is 0 Å². The molecule has 2 fully saturated rings. The molecule has 2 saturated heterocycles. The number of unbranched alkanes of at least 4 members (excludes halogenated alkanes) is 2. The monoisotopic (exact) mass is 260 g/mol. The van der Waals surface area contributed by atoms with Gasteiger partial charge in [0, 0.05) is 0 Å². The van der Waals surface area contributed by atoms with Gasteiger partial charge in [-0.05, 0) is 32.1 Å². The first-order valence-electron chi connectivity index (χ1n) is 6.93. The molecule has 2 atom stereocenters. The molecule has 0 aromatic heterocycles. The molecule has 0 aromatic rings. The lowest BCUT2D eigenvalue weighted by Gasteiger charge is -2.44. The van der Waals surface area contributed by atoms with Crippen LogP contribution in [0.3, 0.4) is 0 Å². The van der Waals surface area contributed by atoms with Crippen molar-refractivity contribution >= 4 is 9.84 Å². The summed E-state index contributed by atoms with van der Waals surface area (Å²) in [6, 6.07) is 0. The lowest BCUT2D eigenvalue weighted by Crippen LogP contribution is -2.51. The van der Waals surface area contributed by atoms with E-state index in [1.165, 1.54) is 0 Å². The van der Waals surface area contributed by atoms with E-state index in [1.54, 1.807) is 0 Å². The first kappa shape index (κ1) is 13.3. The summed E-state index contributed by atoms with van der Waals surface area (Å²) in [5, 5.41) is 10.0. The Balaban J connectivity index is 2.05. The highest BCUT2D eigenvalue weighted by atomic mass is 32.2. The molecule has 2 unspecified atom stereocenters. The normalized spacial score (nSPS) is 40.1. The average molecular weight is 260 g/mol. The molecule has 2 aliphatic rings. The second-order valence-electron chi connectivity index (χ2n) is 5.85. The summed E-state index contributed by atoms with van der Waals surface area (Å²) in [5.41, 5.74) is -0.698. The highest BCUT2D eigenvalue weighted by Crippen LogP contribution is 2.43. The van der Waals surface area contributed by atoms with E-state index in [0.717, 1.165) is 44.9 Å². The summed E-state index contributed by atoms with van der Waals surface area (Å²) >= 11 is 0. The second kappa shape index (κ2) is 4.88. The minimum absolute atomic E-state index is 0.262. The highest BCUT2D eigenvalue weighted by molar-refractivity contribution is 7.92. The number of fused-ring (bicyclic) bond motifs is 2. The first-order valence-corrected chi connectivity index (χ1v) is 8.54. The molecule has 2 aliphatic heterocycles. The van der Waals surface area contributed by atoms with Gasteiger partial charge in [0.15, 0.2) is 9.84 Å². The van der Waals surface area contributed by atoms with Crippen molar-refractivity contribution in [2.45, 2.75) is 80.8 Å². The second-order valence-corrected chi connectivity index (χ2v) is 8.37. The maximum Gasteiger partial charge on any atom is 0.156 e. The summed E-state index contributed by atoms with van der Waals surface area (Å²) in [6.45, 7) is 2.14. The molecule has 2 bridgehead atoms. The number of aliphatic hydroxyl groups is 1. The van der Waals surface area contributed by atoms with Gasteiger partial charge in [-0.25, -0.2) is 8.42 Å². The van der Waals surface area contributed by atoms with Crippen LogP contribution in [-0.4, -0.2) is 29.6 Å². The van der Waals surface area contributed by atoms with E-state index in [4.69, 9.17) is 0 Å². The van der Waals surface area contributed by atoms with Crippen molar-refractivity contribution in [3.63, 3.8) is 0 Å². The lowest BCUT2D eigenvalue weighted by atomic mass is 9.82. The van der Waals surface area contributed by atoms with Crippen LogP contribution >= 0.6 is 0 Å². The summed E-state index contributed by atoms with van der Waals surface area (Å²) in [4.78, 5) is 0. The predicted molar refractivity (Wildman–Crippen MR) is 68.7 cm³/mol. The van der Waals surface area contributed by atoms with Crippen molar-refractivity contribution in [2.24, 2.45) is 0 Å². The molecule has 0 amide bonds. The number of rotatable bonds is 4. The van der Waals surface area contributed by atoms with Crippen LogP contribution in [-0.2, 0) is 9.84 Å². The van der Waals surface area contributed by atoms with Crippen LogP contribution in [0.4, 0.5) is 0 Å². The van der Waals surface area contributed by atoms with E-state index in [-0.39, 0.29) is 10.5 Å². The number of sulfone groups is 1. The Hall–Kier alpha value is -0.0900. The molecular formula is C13H24O3S. The van der Waals surface area contributed by atoms with Gasteiger partial charge in [-0.15, -0.1) is 0 Å². The van der Waals surface area contributed by atoms with E-state index in [0.29, 0.717) is 12.8 Å². The summed E-state index contributed by atoms with van der Waals surface area (Å²) < 4.78 is 24.2. The SMILES string of the molecule is CCCCCC1(O)CC2CCCC(C1)S2(=O)=O. The number of hydrogen-bond acceptors (Lipinski definition) is 3. The molecular weight excluding hydrogens is 236 g/mol. The molecule has 17 heavy (non-hydrogen) atoms. The predicted octanol–water partition coefficient (Wildman–Crippen LogP) is 2.43. The zero-order valence-corrected chi connectivity index (χ0v) is 11.5. The topological polar surface area (TPSA) is 54.4 Å². The van der Waals surface area contributed by atoms with Crippen LogP contribution in [0.5, 0.6) is 0 Å². The molecule has 0 aromatic carbocycles. The van der Waals surface area contributed by atoms with E-state index >= 15 is 0 Å². The van der Waals surface area contributed by atoms with Gasteiger partial charge >= 0.3 is 0 Å². The Kier molecular flexibility index (Phi) is 3.83. The minimum atomic E-state index is -2.93. The molecule has 100 valence electrons. The van der Waals surface area contributed by atoms with Crippen molar-refractivity contribution in [1.82, 2.24) is 0 Å². The number of hydrogen-bond donors (Lipinski definition) is 1. The van der Waals surface area contributed by atoms with E-state index in [9.17, 15) is 13.5 Å². The van der Waals surface area contributed by atoms with Crippen molar-refractivity contribution < 1.29 is 13.5 Å². The third kappa shape index (κ3) is 2.68. The summed E-state index contributed by atoms with van der Waals surface area (Å²) in [7, 11) is -2.93. The average Bonchev–Trinajstić information content (AvgIpc) is 2.21. The maximum absolute atomic E-state index is 12.1. The maximum atomic E-state index is 12.1. The van der Waals surface area contributed by atoms with E-state index < -0.39 is 15.4 Å². The molecule has 0 spiro atoms. The van der Waals surface area contributed by atoms with E-state index in [2.05, 4.69) is 6.92 Å². The van der Waals surface area contributed by atoms with Crippen LogP contribution in [0, 0.1) is 0 Å². The third-order valence-electron chi connectivity index (χ3n) is 4.44. The standard InChI is InChI=1S/C13H24O3S/c1-2-3-4-8-13(14)9-11-6-5-7-12(10-13)17(11,15)16/h11-12,14H,2-10H2,1H3. The van der Waals surface area contributed by atoms with Gasteiger partial charge < -0.3 is 5.11 Å². The summed E-state index contributed by atoms with van der Waals surface area (Å²) in [5.74, 6) is 0.